The van der Waals surface area contributed by atoms with Gasteiger partial charge < -0.3 is 5.32 Å². The summed E-state index contributed by atoms with van der Waals surface area (Å²) in [6.45, 7) is 2.00. The second-order valence-corrected chi connectivity index (χ2v) is 3.35. The zero-order chi connectivity index (χ0) is 6.32. The predicted molar refractivity (Wildman–Crippen MR) is 34.0 cm³/mol. The van der Waals surface area contributed by atoms with Crippen LogP contribution in [0.4, 0.5) is 4.39 Å². The van der Waals surface area contributed by atoms with E-state index < -0.39 is 0 Å². The third-order valence-electron chi connectivity index (χ3n) is 2.82. The second kappa shape index (κ2) is 1.69. The summed E-state index contributed by atoms with van der Waals surface area (Å²) >= 11 is 0. The molecule has 0 bridgehead atoms. The Morgan fingerprint density at radius 1 is 1.67 bits per heavy atom. The molecule has 2 rings (SSSR count). The van der Waals surface area contributed by atoms with Crippen LogP contribution in [0.5, 0.6) is 0 Å². The summed E-state index contributed by atoms with van der Waals surface area (Å²) in [6, 6.07) is 0. The van der Waals surface area contributed by atoms with E-state index >= 15 is 0 Å². The molecule has 0 aromatic carbocycles. The molecule has 2 heteroatoms. The summed E-state index contributed by atoms with van der Waals surface area (Å²) in [4.78, 5) is 0. The molecule has 2 fully saturated rings. The summed E-state index contributed by atoms with van der Waals surface area (Å²) in [5.41, 5.74) is 0.158. The number of hydrogen-bond acceptors (Lipinski definition) is 1. The van der Waals surface area contributed by atoms with Gasteiger partial charge in [-0.25, -0.2) is 0 Å². The van der Waals surface area contributed by atoms with Crippen molar-refractivity contribution in [3.63, 3.8) is 0 Å². The van der Waals surface area contributed by atoms with Gasteiger partial charge in [0.1, 0.15) is 0 Å². The normalized spacial score (nSPS) is 48.3. The van der Waals surface area contributed by atoms with Gasteiger partial charge in [-0.15, -0.1) is 0 Å². The molecule has 2 aliphatic rings. The van der Waals surface area contributed by atoms with Crippen LogP contribution in [0.3, 0.4) is 0 Å². The number of piperidine rings is 1. The minimum Gasteiger partial charge on any atom is -0.316 e. The fourth-order valence-electron chi connectivity index (χ4n) is 1.87. The Morgan fingerprint density at radius 2 is 2.56 bits per heavy atom. The Morgan fingerprint density at radius 3 is 3.11 bits per heavy atom. The first-order valence-electron chi connectivity index (χ1n) is 3.64. The Kier molecular flexibility index (Phi) is 1.06. The number of nitrogens with one attached hydrogen (secondary N) is 1. The average Bonchev–Trinajstić information content (AvgIpc) is 2.62. The number of hydrogen-bond donors (Lipinski definition) is 1. The second-order valence-electron chi connectivity index (χ2n) is 3.35. The first-order valence-corrected chi connectivity index (χ1v) is 3.64. The van der Waals surface area contributed by atoms with Crippen LogP contribution in [-0.4, -0.2) is 19.8 Å². The van der Waals surface area contributed by atoms with Crippen molar-refractivity contribution in [2.24, 2.45) is 11.3 Å². The first-order chi connectivity index (χ1) is 4.37. The van der Waals surface area contributed by atoms with E-state index in [9.17, 15) is 4.39 Å². The predicted octanol–water partition coefficient (Wildman–Crippen LogP) is 0.956. The molecule has 1 nitrogen and oxygen atoms in total. The summed E-state index contributed by atoms with van der Waals surface area (Å²) in [7, 11) is 0. The minimum atomic E-state index is -0.0840. The molecule has 1 aliphatic carbocycles. The van der Waals surface area contributed by atoms with Gasteiger partial charge in [-0.2, -0.15) is 0 Å². The highest BCUT2D eigenvalue weighted by Crippen LogP contribution is 2.56. The molecule has 1 heterocycles. The third kappa shape index (κ3) is 0.692. The van der Waals surface area contributed by atoms with Gasteiger partial charge in [-0.1, -0.05) is 0 Å². The molecular formula is C7H12FN. The summed E-state index contributed by atoms with van der Waals surface area (Å²) in [5.74, 6) is 0.677. The van der Waals surface area contributed by atoms with Crippen molar-refractivity contribution < 1.29 is 4.39 Å². The van der Waals surface area contributed by atoms with Crippen molar-refractivity contribution in [1.82, 2.24) is 5.32 Å². The number of fused-ring (bicyclic) bond motifs is 1. The van der Waals surface area contributed by atoms with Gasteiger partial charge in [0.25, 0.3) is 0 Å². The SMILES string of the molecule is FC[C@@]12CCNC[C@H]1C2. The fraction of sp³-hybridized carbons (Fsp3) is 1.00. The van der Waals surface area contributed by atoms with Crippen molar-refractivity contribution in [2.45, 2.75) is 12.8 Å². The van der Waals surface area contributed by atoms with Gasteiger partial charge in [0.15, 0.2) is 0 Å². The lowest BCUT2D eigenvalue weighted by Gasteiger charge is -2.18. The van der Waals surface area contributed by atoms with Crippen LogP contribution in [0, 0.1) is 11.3 Å². The van der Waals surface area contributed by atoms with E-state index in [1.807, 2.05) is 0 Å². The molecule has 0 aromatic heterocycles. The molecule has 1 saturated carbocycles. The largest absolute Gasteiger partial charge is 0.316 e. The van der Waals surface area contributed by atoms with Crippen LogP contribution < -0.4 is 5.32 Å². The van der Waals surface area contributed by atoms with E-state index in [2.05, 4.69) is 5.32 Å². The fourth-order valence-corrected chi connectivity index (χ4v) is 1.87. The van der Waals surface area contributed by atoms with Crippen LogP contribution in [0.2, 0.25) is 0 Å². The molecule has 0 spiro atoms. The van der Waals surface area contributed by atoms with E-state index in [0.717, 1.165) is 25.9 Å². The zero-order valence-corrected chi connectivity index (χ0v) is 5.49. The molecule has 0 unspecified atom stereocenters. The lowest BCUT2D eigenvalue weighted by molar-refractivity contribution is 0.268. The van der Waals surface area contributed by atoms with Gasteiger partial charge in [0.2, 0.25) is 0 Å². The van der Waals surface area contributed by atoms with E-state index in [1.165, 1.54) is 0 Å². The van der Waals surface area contributed by atoms with Gasteiger partial charge >= 0.3 is 0 Å². The summed E-state index contributed by atoms with van der Waals surface area (Å²) in [6.07, 6.45) is 2.20. The molecule has 1 N–H and O–H groups in total. The molecular weight excluding hydrogens is 117 g/mol. The van der Waals surface area contributed by atoms with E-state index in [4.69, 9.17) is 0 Å². The molecule has 9 heavy (non-hydrogen) atoms. The average molecular weight is 129 g/mol. The van der Waals surface area contributed by atoms with Crippen LogP contribution in [-0.2, 0) is 0 Å². The van der Waals surface area contributed by atoms with Gasteiger partial charge in [0, 0.05) is 5.41 Å². The van der Waals surface area contributed by atoms with E-state index in [0.29, 0.717) is 5.92 Å². The minimum absolute atomic E-state index is 0.0840. The lowest BCUT2D eigenvalue weighted by atomic mass is 9.98. The Hall–Kier alpha value is -0.110. The van der Waals surface area contributed by atoms with Crippen LogP contribution >= 0.6 is 0 Å². The van der Waals surface area contributed by atoms with Crippen LogP contribution in [0.15, 0.2) is 0 Å². The third-order valence-corrected chi connectivity index (χ3v) is 2.82. The molecule has 1 saturated heterocycles. The van der Waals surface area contributed by atoms with Crippen molar-refractivity contribution in [1.29, 1.82) is 0 Å². The molecule has 52 valence electrons. The van der Waals surface area contributed by atoms with Gasteiger partial charge in [-0.3, -0.25) is 4.39 Å². The Labute approximate surface area is 54.6 Å². The maximum atomic E-state index is 12.3. The summed E-state index contributed by atoms with van der Waals surface area (Å²) < 4.78 is 12.3. The molecule has 0 aromatic rings. The Bertz CT molecular complexity index is 126. The van der Waals surface area contributed by atoms with E-state index in [-0.39, 0.29) is 12.1 Å². The lowest BCUT2D eigenvalue weighted by Crippen LogP contribution is -2.30. The maximum absolute atomic E-state index is 12.3. The maximum Gasteiger partial charge on any atom is 0.0954 e. The Balaban J connectivity index is 2.01. The standard InChI is InChI=1S/C7H12FN/c8-5-7-1-2-9-4-6(7)3-7/h6,9H,1-5H2/t6-,7+/m1/s1. The summed E-state index contributed by atoms with van der Waals surface area (Å²) in [5, 5.41) is 3.27. The monoisotopic (exact) mass is 129 g/mol. The topological polar surface area (TPSA) is 12.0 Å². The molecule has 1 aliphatic heterocycles. The molecule has 0 amide bonds. The quantitative estimate of drug-likeness (QED) is 0.556. The van der Waals surface area contributed by atoms with E-state index in [1.54, 1.807) is 0 Å². The number of halogens is 1. The molecule has 0 radical (unpaired) electrons. The van der Waals surface area contributed by atoms with Crippen LogP contribution in [0.1, 0.15) is 12.8 Å². The highest BCUT2D eigenvalue weighted by atomic mass is 19.1. The van der Waals surface area contributed by atoms with Crippen molar-refractivity contribution in [2.75, 3.05) is 19.8 Å². The van der Waals surface area contributed by atoms with Crippen molar-refractivity contribution in [3.8, 4) is 0 Å². The zero-order valence-electron chi connectivity index (χ0n) is 5.49. The molecule has 2 atom stereocenters. The first kappa shape index (κ1) is 5.66. The highest BCUT2D eigenvalue weighted by Gasteiger charge is 2.54. The smallest absolute Gasteiger partial charge is 0.0954 e. The van der Waals surface area contributed by atoms with Crippen molar-refractivity contribution in [3.05, 3.63) is 0 Å². The number of rotatable bonds is 1. The van der Waals surface area contributed by atoms with Gasteiger partial charge in [-0.05, 0) is 31.8 Å². The van der Waals surface area contributed by atoms with Crippen LogP contribution in [0.25, 0.3) is 0 Å². The number of alkyl halides is 1. The van der Waals surface area contributed by atoms with Gasteiger partial charge in [0.05, 0.1) is 6.67 Å². The highest BCUT2D eigenvalue weighted by molar-refractivity contribution is 5.05. The van der Waals surface area contributed by atoms with Crippen molar-refractivity contribution >= 4 is 0 Å².